The van der Waals surface area contributed by atoms with Crippen LogP contribution in [0.2, 0.25) is 0 Å². The van der Waals surface area contributed by atoms with Crippen molar-refractivity contribution < 1.29 is 215 Å². The Morgan fingerprint density at radius 2 is 0.803 bits per heavy atom. The third-order valence-corrected chi connectivity index (χ3v) is 27.6. The largest absolute Gasteiger partial charge is 1.00 e. The van der Waals surface area contributed by atoms with E-state index in [9.17, 15) is 82.9 Å². The summed E-state index contributed by atoms with van der Waals surface area (Å²) < 4.78 is 211. The van der Waals surface area contributed by atoms with Crippen molar-refractivity contribution in [3.8, 4) is 0 Å². The van der Waals surface area contributed by atoms with E-state index < -0.39 is 94.6 Å². The predicted molar refractivity (Wildman–Crippen MR) is 466 cm³/mol. The van der Waals surface area contributed by atoms with Crippen LogP contribution in [0.4, 0.5) is 22.7 Å². The Bertz CT molecular complexity index is 5470. The average Bonchev–Trinajstić information content (AvgIpc) is 1.61. The van der Waals surface area contributed by atoms with Crippen LogP contribution in [-0.4, -0.2) is 185 Å². The number of hydrogen-bond acceptors (Lipinski definition) is 23. The van der Waals surface area contributed by atoms with Crippen molar-refractivity contribution in [3.63, 3.8) is 0 Å². The second-order valence-corrected chi connectivity index (χ2v) is 41.7. The first-order chi connectivity index (χ1) is 53.9. The molecule has 4 aromatic carbocycles. The van der Waals surface area contributed by atoms with E-state index in [0.29, 0.717) is 92.5 Å². The number of likely N-dealkylation sites (N-methyl/N-ethyl adjacent to an activating group) is 1. The molecule has 4 heterocycles. The van der Waals surface area contributed by atoms with E-state index >= 15 is 0 Å². The molecular weight excluding hydrogens is 1760 g/mol. The van der Waals surface area contributed by atoms with Gasteiger partial charge in [-0.1, -0.05) is 127 Å². The number of aliphatic hydroxyl groups excluding tert-OH is 2. The number of benzene rings is 4. The Hall–Kier alpha value is -2.44. The van der Waals surface area contributed by atoms with Gasteiger partial charge in [0.1, 0.15) is 40.4 Å². The Morgan fingerprint density at radius 1 is 0.459 bits per heavy atom. The number of hydrogen-bond donors (Lipinski definition) is 2. The Kier molecular flexibility index (Phi) is 45.6. The van der Waals surface area contributed by atoms with Gasteiger partial charge in [0, 0.05) is 140 Å². The van der Waals surface area contributed by atoms with Crippen LogP contribution in [0.1, 0.15) is 199 Å². The van der Waals surface area contributed by atoms with Crippen LogP contribution in [0.3, 0.4) is 0 Å². The van der Waals surface area contributed by atoms with Crippen molar-refractivity contribution in [3.05, 3.63) is 199 Å². The van der Waals surface area contributed by atoms with Gasteiger partial charge in [-0.25, -0.2) is 55.1 Å². The van der Waals surface area contributed by atoms with Crippen molar-refractivity contribution in [1.82, 2.24) is 0 Å². The molecule has 654 valence electrons. The zero-order valence-electron chi connectivity index (χ0n) is 72.7. The summed E-state index contributed by atoms with van der Waals surface area (Å²) in [5, 5.41) is 18.5. The molecule has 2 aliphatic carbocycles. The second-order valence-electron chi connectivity index (χ2n) is 32.5. The Morgan fingerprint density at radius 3 is 1.18 bits per heavy atom. The van der Waals surface area contributed by atoms with Crippen LogP contribution in [0, 0.1) is 13.8 Å². The number of aryl methyl sites for hydroxylation is 2. The average molecular weight is 1880 g/mol. The first-order valence-corrected chi connectivity index (χ1v) is 48.6. The first-order valence-electron chi connectivity index (χ1n) is 39.1. The topological polar surface area (TPSA) is 399 Å². The number of rotatable bonds is 30. The maximum atomic E-state index is 12.0. The second kappa shape index (κ2) is 48.1. The first kappa shape index (κ1) is 116. The molecule has 0 aromatic heterocycles. The van der Waals surface area contributed by atoms with Gasteiger partial charge in [-0.15, -0.1) is 0 Å². The molecule has 1 fully saturated rings. The molecule has 4 aromatic rings. The van der Waals surface area contributed by atoms with E-state index in [2.05, 4.69) is 92.1 Å². The van der Waals surface area contributed by atoms with Crippen LogP contribution in [0.5, 0.6) is 0 Å². The maximum Gasteiger partial charge on any atom is 1.00 e. The summed E-state index contributed by atoms with van der Waals surface area (Å²) in [6.07, 6.45) is 24.5. The van der Waals surface area contributed by atoms with E-state index in [1.54, 1.807) is 12.1 Å². The number of nitrogens with zero attached hydrogens (tertiary/aromatic N) is 5. The molecule has 122 heavy (non-hydrogen) atoms. The molecule has 2 N–H and O–H groups in total. The number of halogens is 1. The summed E-state index contributed by atoms with van der Waals surface area (Å²) in [6, 6.07) is 21.2. The van der Waals surface area contributed by atoms with Crippen LogP contribution >= 0.6 is 25.1 Å². The van der Waals surface area contributed by atoms with Gasteiger partial charge in [0.05, 0.1) is 55.7 Å². The quantitative estimate of drug-likeness (QED) is 0.0321. The third-order valence-electron chi connectivity index (χ3n) is 22.3. The molecule has 4 aliphatic heterocycles. The number of anilines is 3. The summed E-state index contributed by atoms with van der Waals surface area (Å²) in [5.74, 6) is -1.80. The maximum absolute atomic E-state index is 12.0. The van der Waals surface area contributed by atoms with Gasteiger partial charge in [-0.3, -0.25) is 0 Å². The SMILES string of the molecule is C.CCCO.Cc1ccc2c(c1)C(C)(C)C(=CC=C1CCC/C(=C\C=C3\N(CCCCS(=O)(=O)[O-])c4ccc(S(=O)(=O)[O-])cc4C3(C)C)C1=[N+](C)CCO)N2CCCCS(=O)(=O)[O-].Cc1ccc2c(c1)C(C)(C)C(=CC=C1CCCC(C=CC3=[N+](CCCCS(=O)(=O)[O-])c4ccc(S(=O)(=O)[O-])cc4C3(C)C)=C1Cl)N2CCCCS(=O)(=O)[O-].S.[Na+].[Na+].[Na+].[Na+]. The van der Waals surface area contributed by atoms with E-state index in [0.717, 1.165) is 129 Å². The predicted octanol–water partition coefficient (Wildman–Crippen LogP) is 1.25. The van der Waals surface area contributed by atoms with Gasteiger partial charge in [-0.05, 0) is 206 Å². The van der Waals surface area contributed by atoms with Crippen LogP contribution in [0.15, 0.2) is 176 Å². The third kappa shape index (κ3) is 30.3. The molecule has 10 rings (SSSR count). The normalized spacial score (nSPS) is 19.5. The molecule has 25 nitrogen and oxygen atoms in total. The van der Waals surface area contributed by atoms with Gasteiger partial charge >= 0.3 is 118 Å². The molecule has 0 atom stereocenters. The number of aliphatic hydroxyl groups is 2. The van der Waals surface area contributed by atoms with Crippen molar-refractivity contribution in [2.24, 2.45) is 0 Å². The molecular formula is C85H116ClN5Na4O20S7. The van der Waals surface area contributed by atoms with E-state index in [1.807, 2.05) is 99.9 Å². The molecule has 0 amide bonds. The standard InChI is InChI=1S/C42H57N3O10S3.C39H49ClN2O9S3.C3H8O.CH4.4Na.H2S/c1-30-14-18-36-34(28-30)41(2,3)38(44(36)22-7-9-26-56(47,48)49)20-15-31-12-11-13-32(40(31)43(6)24-25-46)16-21-39-42(4,5)35-29-33(58(53,54)55)17-19-37(35)45(39)23-8-10-27-57(50,51)52;1-27-13-17-33-31(25-27)38(2,3)35(41(33)21-6-8-23-52(43,44)45)19-14-28-11-10-12-29(37(28)40)15-20-36-39(4,5)32-26-30(54(49,50)51)16-18-34(32)42(36)22-7-9-24-53(46,47)48;1-2-3-4;;;;;;/h14-21,28-29,46H,7-13,22-27H2,1-6H3,(H2-,47,48,49,50,51,52,53,54,55);13-20,25-26H,6-12,21-24H2,1-5H3,(H2-,43,44,45,46,47,48,49,50,51);4H,2-3H2,1H3;1H4;;;;;1H2/q;;;;4*+1;/p-4. The number of fused-ring (bicyclic) bond motifs is 4. The van der Waals surface area contributed by atoms with Crippen LogP contribution < -0.4 is 133 Å². The van der Waals surface area contributed by atoms with Crippen molar-refractivity contribution in [2.45, 2.75) is 211 Å². The summed E-state index contributed by atoms with van der Waals surface area (Å²) >= 11 is 7.11. The summed E-state index contributed by atoms with van der Waals surface area (Å²) in [5.41, 5.74) is 15.7. The van der Waals surface area contributed by atoms with Crippen LogP contribution in [0.25, 0.3) is 0 Å². The minimum absolute atomic E-state index is 0. The number of unbranched alkanes of at least 4 members (excludes halogenated alkanes) is 4. The minimum Gasteiger partial charge on any atom is -0.748 e. The summed E-state index contributed by atoms with van der Waals surface area (Å²) in [7, 11) is -24.9. The smallest absolute Gasteiger partial charge is 0.748 e. The molecule has 0 spiro atoms. The fourth-order valence-corrected chi connectivity index (χ4v) is 19.8. The summed E-state index contributed by atoms with van der Waals surface area (Å²) in [6.45, 7) is 24.8. The van der Waals surface area contributed by atoms with Gasteiger partial charge in [-0.2, -0.15) is 18.1 Å². The summed E-state index contributed by atoms with van der Waals surface area (Å²) in [4.78, 5) is 5.73. The van der Waals surface area contributed by atoms with Crippen molar-refractivity contribution in [1.29, 1.82) is 0 Å². The zero-order valence-corrected chi connectivity index (χ0v) is 87.4. The number of allylic oxidation sites excluding steroid dienone is 16. The molecule has 6 aliphatic rings. The Balaban J connectivity index is 0.000000757. The Labute approximate surface area is 826 Å². The van der Waals surface area contributed by atoms with E-state index in [4.69, 9.17) is 16.7 Å². The van der Waals surface area contributed by atoms with E-state index in [-0.39, 0.29) is 192 Å². The van der Waals surface area contributed by atoms with Crippen molar-refractivity contribution in [2.75, 3.05) is 90.7 Å². The van der Waals surface area contributed by atoms with Gasteiger partial charge < -0.3 is 52.2 Å². The zero-order chi connectivity index (χ0) is 86.1. The van der Waals surface area contributed by atoms with E-state index in [1.165, 1.54) is 24.3 Å². The van der Waals surface area contributed by atoms with Crippen LogP contribution in [-0.2, 0) is 82.4 Å². The monoisotopic (exact) mass is 1880 g/mol. The van der Waals surface area contributed by atoms with Crippen molar-refractivity contribution >= 4 is 120 Å². The molecule has 0 saturated heterocycles. The van der Waals surface area contributed by atoms with Gasteiger partial charge in [0.15, 0.2) is 12.3 Å². The molecule has 0 unspecified atom stereocenters. The van der Waals surface area contributed by atoms with Gasteiger partial charge in [0.25, 0.3) is 0 Å². The molecule has 0 radical (unpaired) electrons. The minimum atomic E-state index is -4.73. The van der Waals surface area contributed by atoms with Gasteiger partial charge in [0.2, 0.25) is 11.4 Å². The fraction of sp³-hybridized carbons (Fsp3) is 0.506. The molecule has 1 saturated carbocycles. The fourth-order valence-electron chi connectivity index (χ4n) is 16.3. The molecule has 0 bridgehead atoms. The molecule has 37 heteroatoms.